The van der Waals surface area contributed by atoms with Crippen molar-refractivity contribution in [1.82, 2.24) is 4.98 Å². The summed E-state index contributed by atoms with van der Waals surface area (Å²) < 4.78 is 0. The molecule has 3 N–H and O–H groups in total. The summed E-state index contributed by atoms with van der Waals surface area (Å²) in [6.45, 7) is 0. The fourth-order valence-electron chi connectivity index (χ4n) is 1.21. The fourth-order valence-corrected chi connectivity index (χ4v) is 1.66. The van der Waals surface area contributed by atoms with Crippen molar-refractivity contribution in [3.05, 3.63) is 46.6 Å². The third-order valence-corrected chi connectivity index (χ3v) is 2.53. The van der Waals surface area contributed by atoms with Crippen molar-refractivity contribution >= 4 is 40.4 Å². The molecular weight excluding hydrogens is 245 g/mol. The Morgan fingerprint density at radius 2 is 1.94 bits per heavy atom. The normalized spacial score (nSPS) is 10.1. The first-order chi connectivity index (χ1) is 7.65. The molecule has 1 aromatic heterocycles. The molecule has 5 heteroatoms. The number of rotatable bonds is 2. The number of aromatic nitrogens is 1. The molecule has 2 aromatic rings. The lowest BCUT2D eigenvalue weighted by atomic mass is 10.3. The second-order valence-electron chi connectivity index (χ2n) is 3.23. The largest absolute Gasteiger partial charge is 0.397 e. The van der Waals surface area contributed by atoms with Crippen molar-refractivity contribution in [3.8, 4) is 0 Å². The van der Waals surface area contributed by atoms with Crippen LogP contribution in [0.25, 0.3) is 0 Å². The number of benzene rings is 1. The van der Waals surface area contributed by atoms with Gasteiger partial charge in [0.05, 0.1) is 22.6 Å². The van der Waals surface area contributed by atoms with Crippen LogP contribution in [0.1, 0.15) is 0 Å². The minimum Gasteiger partial charge on any atom is -0.397 e. The van der Waals surface area contributed by atoms with E-state index in [1.54, 1.807) is 36.5 Å². The van der Waals surface area contributed by atoms with Crippen molar-refractivity contribution in [2.24, 2.45) is 0 Å². The molecule has 0 saturated heterocycles. The lowest BCUT2D eigenvalue weighted by Gasteiger charge is -2.07. The standard InChI is InChI=1S/C11H9Cl2N3/c12-7-1-3-10(9(13)5-7)16-11-4-2-8(14)6-15-11/h1-6H,14H2,(H,15,16). The summed E-state index contributed by atoms with van der Waals surface area (Å²) in [5.74, 6) is 0.679. The van der Waals surface area contributed by atoms with E-state index in [1.807, 2.05) is 0 Å². The van der Waals surface area contributed by atoms with Crippen LogP contribution in [0, 0.1) is 0 Å². The number of nitrogens with two attached hydrogens (primary N) is 1. The number of nitrogen functional groups attached to an aromatic ring is 1. The first-order valence-corrected chi connectivity index (χ1v) is 5.34. The highest BCUT2D eigenvalue weighted by Gasteiger charge is 2.02. The molecule has 1 aromatic carbocycles. The molecule has 16 heavy (non-hydrogen) atoms. The van der Waals surface area contributed by atoms with E-state index in [-0.39, 0.29) is 0 Å². The maximum absolute atomic E-state index is 6.01. The fraction of sp³-hybridized carbons (Fsp3) is 0. The Labute approximate surface area is 103 Å². The SMILES string of the molecule is Nc1ccc(Nc2ccc(Cl)cc2Cl)nc1. The molecule has 0 spiro atoms. The molecular formula is C11H9Cl2N3. The quantitative estimate of drug-likeness (QED) is 0.858. The molecule has 1 heterocycles. The Hall–Kier alpha value is -1.45. The smallest absolute Gasteiger partial charge is 0.130 e. The lowest BCUT2D eigenvalue weighted by Crippen LogP contribution is -1.95. The van der Waals surface area contributed by atoms with Crippen molar-refractivity contribution in [1.29, 1.82) is 0 Å². The second-order valence-corrected chi connectivity index (χ2v) is 4.07. The average molecular weight is 254 g/mol. The highest BCUT2D eigenvalue weighted by molar-refractivity contribution is 6.36. The van der Waals surface area contributed by atoms with Gasteiger partial charge in [0.25, 0.3) is 0 Å². The predicted molar refractivity (Wildman–Crippen MR) is 68.4 cm³/mol. The van der Waals surface area contributed by atoms with E-state index in [2.05, 4.69) is 10.3 Å². The monoisotopic (exact) mass is 253 g/mol. The summed E-state index contributed by atoms with van der Waals surface area (Å²) in [4.78, 5) is 4.11. The van der Waals surface area contributed by atoms with Crippen molar-refractivity contribution in [2.75, 3.05) is 11.1 Å². The van der Waals surface area contributed by atoms with E-state index < -0.39 is 0 Å². The zero-order valence-corrected chi connectivity index (χ0v) is 9.76. The lowest BCUT2D eigenvalue weighted by molar-refractivity contribution is 1.31. The van der Waals surface area contributed by atoms with Gasteiger partial charge in [-0.3, -0.25) is 0 Å². The van der Waals surface area contributed by atoms with E-state index in [0.717, 1.165) is 5.69 Å². The zero-order valence-electron chi connectivity index (χ0n) is 8.24. The maximum Gasteiger partial charge on any atom is 0.130 e. The van der Waals surface area contributed by atoms with E-state index in [0.29, 0.717) is 21.6 Å². The van der Waals surface area contributed by atoms with Crippen LogP contribution in [-0.4, -0.2) is 4.98 Å². The number of hydrogen-bond acceptors (Lipinski definition) is 3. The molecule has 0 radical (unpaired) electrons. The average Bonchev–Trinajstić information content (AvgIpc) is 2.25. The molecule has 0 fully saturated rings. The van der Waals surface area contributed by atoms with Gasteiger partial charge in [-0.15, -0.1) is 0 Å². The Kier molecular flexibility index (Phi) is 3.17. The third kappa shape index (κ3) is 2.56. The molecule has 0 aliphatic rings. The molecule has 82 valence electrons. The Balaban J connectivity index is 2.23. The molecule has 0 aliphatic heterocycles. The highest BCUT2D eigenvalue weighted by Crippen LogP contribution is 2.27. The summed E-state index contributed by atoms with van der Waals surface area (Å²) in [6.07, 6.45) is 1.58. The number of nitrogens with one attached hydrogen (secondary N) is 1. The van der Waals surface area contributed by atoms with Gasteiger partial charge in [0.2, 0.25) is 0 Å². The van der Waals surface area contributed by atoms with Gasteiger partial charge in [-0.25, -0.2) is 4.98 Å². The van der Waals surface area contributed by atoms with Crippen LogP contribution in [0.2, 0.25) is 10.0 Å². The van der Waals surface area contributed by atoms with Crippen LogP contribution in [-0.2, 0) is 0 Å². The van der Waals surface area contributed by atoms with Gasteiger partial charge in [0, 0.05) is 5.02 Å². The summed E-state index contributed by atoms with van der Waals surface area (Å²) >= 11 is 11.8. The molecule has 0 bridgehead atoms. The highest BCUT2D eigenvalue weighted by atomic mass is 35.5. The summed E-state index contributed by atoms with van der Waals surface area (Å²) in [5.41, 5.74) is 6.91. The van der Waals surface area contributed by atoms with Gasteiger partial charge in [0.1, 0.15) is 5.82 Å². The summed E-state index contributed by atoms with van der Waals surface area (Å²) in [6, 6.07) is 8.76. The van der Waals surface area contributed by atoms with E-state index in [9.17, 15) is 0 Å². The topological polar surface area (TPSA) is 50.9 Å². The zero-order chi connectivity index (χ0) is 11.5. The molecule has 0 aliphatic carbocycles. The Morgan fingerprint density at radius 3 is 2.56 bits per heavy atom. The summed E-state index contributed by atoms with van der Waals surface area (Å²) in [5, 5.41) is 4.21. The third-order valence-electron chi connectivity index (χ3n) is 1.98. The van der Waals surface area contributed by atoms with Crippen LogP contribution >= 0.6 is 23.2 Å². The first-order valence-electron chi connectivity index (χ1n) is 4.59. The van der Waals surface area contributed by atoms with Crippen LogP contribution in [0.5, 0.6) is 0 Å². The molecule has 0 amide bonds. The Bertz CT molecular complexity index is 497. The maximum atomic E-state index is 6.01. The first kappa shape index (κ1) is 11.0. The van der Waals surface area contributed by atoms with Crippen molar-refractivity contribution in [2.45, 2.75) is 0 Å². The van der Waals surface area contributed by atoms with Crippen molar-refractivity contribution < 1.29 is 0 Å². The molecule has 3 nitrogen and oxygen atoms in total. The number of nitrogens with zero attached hydrogens (tertiary/aromatic N) is 1. The van der Waals surface area contributed by atoms with Gasteiger partial charge < -0.3 is 11.1 Å². The van der Waals surface area contributed by atoms with Gasteiger partial charge in [0.15, 0.2) is 0 Å². The second kappa shape index (κ2) is 4.60. The molecule has 2 rings (SSSR count). The minimum absolute atomic E-state index is 0.547. The predicted octanol–water partition coefficient (Wildman–Crippen LogP) is 3.71. The van der Waals surface area contributed by atoms with Gasteiger partial charge in [-0.05, 0) is 30.3 Å². The van der Waals surface area contributed by atoms with Gasteiger partial charge >= 0.3 is 0 Å². The van der Waals surface area contributed by atoms with Gasteiger partial charge in [-0.2, -0.15) is 0 Å². The van der Waals surface area contributed by atoms with Crippen LogP contribution < -0.4 is 11.1 Å². The molecule has 0 unspecified atom stereocenters. The van der Waals surface area contributed by atoms with E-state index in [1.165, 1.54) is 0 Å². The van der Waals surface area contributed by atoms with Gasteiger partial charge in [-0.1, -0.05) is 23.2 Å². The molecule has 0 atom stereocenters. The number of halogens is 2. The van der Waals surface area contributed by atoms with Crippen molar-refractivity contribution in [3.63, 3.8) is 0 Å². The minimum atomic E-state index is 0.547. The van der Waals surface area contributed by atoms with E-state index in [4.69, 9.17) is 28.9 Å². The number of pyridine rings is 1. The number of hydrogen-bond donors (Lipinski definition) is 2. The van der Waals surface area contributed by atoms with Crippen LogP contribution in [0.4, 0.5) is 17.2 Å². The number of anilines is 3. The summed E-state index contributed by atoms with van der Waals surface area (Å²) in [7, 11) is 0. The van der Waals surface area contributed by atoms with Crippen LogP contribution in [0.15, 0.2) is 36.5 Å². The van der Waals surface area contributed by atoms with E-state index >= 15 is 0 Å². The molecule has 0 saturated carbocycles. The van der Waals surface area contributed by atoms with Crippen LogP contribution in [0.3, 0.4) is 0 Å². The Morgan fingerprint density at radius 1 is 1.12 bits per heavy atom.